The molecule has 0 radical (unpaired) electrons. The molecule has 2 heterocycles. The molecular weight excluding hydrogens is 442 g/mol. The van der Waals surface area contributed by atoms with Crippen molar-refractivity contribution in [3.8, 4) is 5.88 Å². The van der Waals surface area contributed by atoms with E-state index in [9.17, 15) is 9.59 Å². The minimum absolute atomic E-state index is 0.0990. The largest absolute Gasteiger partial charge is 0.478 e. The molecule has 33 heavy (non-hydrogen) atoms. The van der Waals surface area contributed by atoms with Crippen molar-refractivity contribution in [1.29, 1.82) is 0 Å². The van der Waals surface area contributed by atoms with E-state index in [1.807, 2.05) is 31.2 Å². The third kappa shape index (κ3) is 7.44. The Hall–Kier alpha value is -2.64. The van der Waals surface area contributed by atoms with Gasteiger partial charge in [-0.15, -0.1) is 0 Å². The molecule has 1 fully saturated rings. The number of hydrogen-bond donors (Lipinski definition) is 1. The molecule has 2 aromatic rings. The summed E-state index contributed by atoms with van der Waals surface area (Å²) in [6.07, 6.45) is 3.55. The van der Waals surface area contributed by atoms with Gasteiger partial charge in [-0.1, -0.05) is 29.8 Å². The summed E-state index contributed by atoms with van der Waals surface area (Å²) in [6.45, 7) is 6.86. The predicted molar refractivity (Wildman–Crippen MR) is 127 cm³/mol. The molecule has 1 aliphatic rings. The highest BCUT2D eigenvalue weighted by Gasteiger charge is 2.29. The van der Waals surface area contributed by atoms with Gasteiger partial charge in [-0.3, -0.25) is 9.69 Å². The number of nitrogens with zero attached hydrogens (tertiary/aromatic N) is 2. The Morgan fingerprint density at radius 1 is 1.15 bits per heavy atom. The quantitative estimate of drug-likeness (QED) is 0.531. The molecule has 0 spiro atoms. The standard InChI is InChI=1S/C25H32ClN3O4/c1-3-32-24-20(6-5-13-27-24)17-29-14-11-19(12-15-29)23(30)28-22(25(31)33-4-2)16-18-7-9-21(26)10-8-18/h5-10,13,19,22H,3-4,11-12,14-17H2,1-2H3,(H,28,30). The summed E-state index contributed by atoms with van der Waals surface area (Å²) in [7, 11) is 0. The second kappa shape index (κ2) is 12.6. The lowest BCUT2D eigenvalue weighted by atomic mass is 9.94. The molecular formula is C25H32ClN3O4. The first-order valence-corrected chi connectivity index (χ1v) is 11.9. The highest BCUT2D eigenvalue weighted by molar-refractivity contribution is 6.30. The lowest BCUT2D eigenvalue weighted by Gasteiger charge is -2.32. The van der Waals surface area contributed by atoms with Gasteiger partial charge in [0.2, 0.25) is 11.8 Å². The molecule has 1 N–H and O–H groups in total. The summed E-state index contributed by atoms with van der Waals surface area (Å²) in [4.78, 5) is 32.1. The van der Waals surface area contributed by atoms with Crippen LogP contribution >= 0.6 is 11.6 Å². The van der Waals surface area contributed by atoms with Gasteiger partial charge < -0.3 is 14.8 Å². The van der Waals surface area contributed by atoms with E-state index >= 15 is 0 Å². The molecule has 1 atom stereocenters. The maximum absolute atomic E-state index is 13.0. The first-order chi connectivity index (χ1) is 16.0. The van der Waals surface area contributed by atoms with Crippen LogP contribution in [0.25, 0.3) is 0 Å². The topological polar surface area (TPSA) is 80.8 Å². The van der Waals surface area contributed by atoms with Gasteiger partial charge in [0, 0.05) is 35.7 Å². The number of pyridine rings is 1. The number of amides is 1. The normalized spacial score (nSPS) is 15.6. The highest BCUT2D eigenvalue weighted by Crippen LogP contribution is 2.23. The van der Waals surface area contributed by atoms with E-state index in [1.54, 1.807) is 25.3 Å². The monoisotopic (exact) mass is 473 g/mol. The summed E-state index contributed by atoms with van der Waals surface area (Å²) in [5.74, 6) is 0.0133. The van der Waals surface area contributed by atoms with E-state index in [2.05, 4.69) is 15.2 Å². The lowest BCUT2D eigenvalue weighted by molar-refractivity contribution is -0.148. The summed E-state index contributed by atoms with van der Waals surface area (Å²) < 4.78 is 10.8. The van der Waals surface area contributed by atoms with Crippen LogP contribution in [0, 0.1) is 5.92 Å². The molecule has 1 unspecified atom stereocenters. The van der Waals surface area contributed by atoms with Crippen LogP contribution in [-0.2, 0) is 27.3 Å². The Morgan fingerprint density at radius 3 is 2.55 bits per heavy atom. The van der Waals surface area contributed by atoms with Crippen LogP contribution < -0.4 is 10.1 Å². The van der Waals surface area contributed by atoms with Gasteiger partial charge in [0.15, 0.2) is 0 Å². The molecule has 7 nitrogen and oxygen atoms in total. The van der Waals surface area contributed by atoms with Crippen molar-refractivity contribution in [2.75, 3.05) is 26.3 Å². The lowest BCUT2D eigenvalue weighted by Crippen LogP contribution is -2.48. The third-order valence-corrected chi connectivity index (χ3v) is 5.98. The maximum atomic E-state index is 13.0. The fourth-order valence-corrected chi connectivity index (χ4v) is 4.11. The number of ether oxygens (including phenoxy) is 2. The Bertz CT molecular complexity index is 914. The average Bonchev–Trinajstić information content (AvgIpc) is 2.82. The average molecular weight is 474 g/mol. The van der Waals surface area contributed by atoms with Gasteiger partial charge in [-0.2, -0.15) is 0 Å². The second-order valence-electron chi connectivity index (χ2n) is 8.09. The van der Waals surface area contributed by atoms with Gasteiger partial charge >= 0.3 is 5.97 Å². The summed E-state index contributed by atoms with van der Waals surface area (Å²) in [6, 6.07) is 10.5. The van der Waals surface area contributed by atoms with E-state index in [-0.39, 0.29) is 18.4 Å². The number of halogens is 1. The highest BCUT2D eigenvalue weighted by atomic mass is 35.5. The van der Waals surface area contributed by atoms with Crippen molar-refractivity contribution >= 4 is 23.5 Å². The summed E-state index contributed by atoms with van der Waals surface area (Å²) in [5, 5.41) is 3.56. The smallest absolute Gasteiger partial charge is 0.328 e. The van der Waals surface area contributed by atoms with E-state index in [1.165, 1.54) is 0 Å². The van der Waals surface area contributed by atoms with Crippen LogP contribution in [0.15, 0.2) is 42.6 Å². The van der Waals surface area contributed by atoms with Crippen LogP contribution in [0.2, 0.25) is 5.02 Å². The number of hydrogen-bond acceptors (Lipinski definition) is 6. The van der Waals surface area contributed by atoms with Crippen LogP contribution in [0.4, 0.5) is 0 Å². The van der Waals surface area contributed by atoms with E-state index in [4.69, 9.17) is 21.1 Å². The van der Waals surface area contributed by atoms with Crippen molar-refractivity contribution < 1.29 is 19.1 Å². The van der Waals surface area contributed by atoms with Crippen LogP contribution in [0.5, 0.6) is 5.88 Å². The number of rotatable bonds is 10. The number of benzene rings is 1. The number of carbonyl (C=O) groups excluding carboxylic acids is 2. The molecule has 0 bridgehead atoms. The fourth-order valence-electron chi connectivity index (χ4n) is 3.99. The van der Waals surface area contributed by atoms with Gasteiger partial charge in [-0.05, 0) is 63.5 Å². The van der Waals surface area contributed by atoms with Crippen LogP contribution in [0.1, 0.15) is 37.8 Å². The zero-order chi connectivity index (χ0) is 23.6. The van der Waals surface area contributed by atoms with Crippen molar-refractivity contribution in [1.82, 2.24) is 15.2 Å². The molecule has 0 aliphatic carbocycles. The fraction of sp³-hybridized carbons (Fsp3) is 0.480. The predicted octanol–water partition coefficient (Wildman–Crippen LogP) is 3.64. The first-order valence-electron chi connectivity index (χ1n) is 11.5. The second-order valence-corrected chi connectivity index (χ2v) is 8.53. The van der Waals surface area contributed by atoms with E-state index < -0.39 is 12.0 Å². The molecule has 8 heteroatoms. The zero-order valence-electron chi connectivity index (χ0n) is 19.3. The summed E-state index contributed by atoms with van der Waals surface area (Å²) >= 11 is 5.96. The molecule has 1 aromatic carbocycles. The maximum Gasteiger partial charge on any atom is 0.328 e. The Morgan fingerprint density at radius 2 is 1.88 bits per heavy atom. The Kier molecular flexibility index (Phi) is 9.51. The number of likely N-dealkylation sites (tertiary alicyclic amines) is 1. The number of nitrogens with one attached hydrogen (secondary N) is 1. The SMILES string of the molecule is CCOC(=O)C(Cc1ccc(Cl)cc1)NC(=O)C1CCN(Cc2cccnc2OCC)CC1. The molecule has 0 saturated carbocycles. The van der Waals surface area contributed by atoms with E-state index in [0.29, 0.717) is 23.9 Å². The third-order valence-electron chi connectivity index (χ3n) is 5.72. The van der Waals surface area contributed by atoms with Crippen molar-refractivity contribution in [3.63, 3.8) is 0 Å². The molecule has 178 valence electrons. The van der Waals surface area contributed by atoms with Crippen LogP contribution in [0.3, 0.4) is 0 Å². The van der Waals surface area contributed by atoms with Crippen molar-refractivity contribution in [2.24, 2.45) is 5.92 Å². The first kappa shape index (κ1) is 25.0. The molecule has 1 aliphatic heterocycles. The summed E-state index contributed by atoms with van der Waals surface area (Å²) in [5.41, 5.74) is 1.96. The number of esters is 1. The Balaban J connectivity index is 1.55. The number of carbonyl (C=O) groups is 2. The minimum Gasteiger partial charge on any atom is -0.478 e. The van der Waals surface area contributed by atoms with E-state index in [0.717, 1.165) is 43.6 Å². The minimum atomic E-state index is -0.721. The Labute approximate surface area is 200 Å². The molecule has 1 aromatic heterocycles. The van der Waals surface area contributed by atoms with Gasteiger partial charge in [0.05, 0.1) is 13.2 Å². The molecule has 1 saturated heterocycles. The van der Waals surface area contributed by atoms with Crippen molar-refractivity contribution in [3.05, 3.63) is 58.7 Å². The van der Waals surface area contributed by atoms with Gasteiger partial charge in [0.1, 0.15) is 6.04 Å². The molecule has 3 rings (SSSR count). The number of piperidine rings is 1. The van der Waals surface area contributed by atoms with Gasteiger partial charge in [0.25, 0.3) is 0 Å². The number of aromatic nitrogens is 1. The van der Waals surface area contributed by atoms with Gasteiger partial charge in [-0.25, -0.2) is 9.78 Å². The van der Waals surface area contributed by atoms with Crippen LogP contribution in [-0.4, -0.2) is 54.1 Å². The molecule has 1 amide bonds. The zero-order valence-corrected chi connectivity index (χ0v) is 20.0. The van der Waals surface area contributed by atoms with Crippen molar-refractivity contribution in [2.45, 2.75) is 45.7 Å².